The van der Waals surface area contributed by atoms with E-state index in [4.69, 9.17) is 10.2 Å². The van der Waals surface area contributed by atoms with Crippen LogP contribution in [0.2, 0.25) is 0 Å². The minimum atomic E-state index is 0.150. The molecule has 0 amide bonds. The van der Waals surface area contributed by atoms with Crippen molar-refractivity contribution in [3.8, 4) is 0 Å². The molecule has 110 valence electrons. The van der Waals surface area contributed by atoms with E-state index in [-0.39, 0.29) is 6.04 Å². The van der Waals surface area contributed by atoms with Crippen LogP contribution in [0.4, 0.5) is 0 Å². The SMILES string of the molecule is CC12CC3CC(C)(C1)CC(CC(N)c1ccoc1)(C3)C2. The molecule has 4 aliphatic carbocycles. The van der Waals surface area contributed by atoms with Crippen LogP contribution < -0.4 is 5.73 Å². The maximum absolute atomic E-state index is 6.49. The lowest BCUT2D eigenvalue weighted by molar-refractivity contribution is -0.149. The zero-order valence-electron chi connectivity index (χ0n) is 12.8. The second-order valence-electron chi connectivity index (χ2n) is 9.00. The van der Waals surface area contributed by atoms with Crippen molar-refractivity contribution in [3.05, 3.63) is 24.2 Å². The molecule has 1 aromatic rings. The average Bonchev–Trinajstić information content (AvgIpc) is 2.75. The minimum Gasteiger partial charge on any atom is -0.472 e. The van der Waals surface area contributed by atoms with Crippen molar-refractivity contribution in [2.75, 3.05) is 0 Å². The number of nitrogens with two attached hydrogens (primary N) is 1. The molecule has 3 unspecified atom stereocenters. The summed E-state index contributed by atoms with van der Waals surface area (Å²) in [5.74, 6) is 0.956. The van der Waals surface area contributed by atoms with Crippen molar-refractivity contribution in [2.24, 2.45) is 27.9 Å². The van der Waals surface area contributed by atoms with Gasteiger partial charge in [-0.1, -0.05) is 13.8 Å². The molecule has 2 N–H and O–H groups in total. The van der Waals surface area contributed by atoms with E-state index in [9.17, 15) is 0 Å². The number of rotatable bonds is 3. The number of furan rings is 1. The molecule has 1 heterocycles. The maximum Gasteiger partial charge on any atom is 0.0950 e. The fraction of sp³-hybridized carbons (Fsp3) is 0.778. The first-order valence-electron chi connectivity index (χ1n) is 8.17. The van der Waals surface area contributed by atoms with E-state index >= 15 is 0 Å². The van der Waals surface area contributed by atoms with Gasteiger partial charge in [0.25, 0.3) is 0 Å². The molecule has 1 aromatic heterocycles. The smallest absolute Gasteiger partial charge is 0.0950 e. The van der Waals surface area contributed by atoms with Gasteiger partial charge in [-0.15, -0.1) is 0 Å². The summed E-state index contributed by atoms with van der Waals surface area (Å²) >= 11 is 0. The summed E-state index contributed by atoms with van der Waals surface area (Å²) in [6, 6.07) is 2.19. The summed E-state index contributed by atoms with van der Waals surface area (Å²) in [6.07, 6.45) is 13.3. The molecule has 0 aliphatic heterocycles. The summed E-state index contributed by atoms with van der Waals surface area (Å²) in [5, 5.41) is 0. The van der Waals surface area contributed by atoms with Gasteiger partial charge >= 0.3 is 0 Å². The Morgan fingerprint density at radius 2 is 1.90 bits per heavy atom. The van der Waals surface area contributed by atoms with E-state index in [1.54, 1.807) is 6.26 Å². The van der Waals surface area contributed by atoms with Gasteiger partial charge in [-0.05, 0) is 73.2 Å². The highest BCUT2D eigenvalue weighted by Gasteiger charge is 2.59. The second-order valence-corrected chi connectivity index (χ2v) is 9.00. The first-order valence-corrected chi connectivity index (χ1v) is 8.17. The first kappa shape index (κ1) is 12.9. The van der Waals surface area contributed by atoms with Crippen LogP contribution in [0.15, 0.2) is 23.0 Å². The largest absolute Gasteiger partial charge is 0.472 e. The normalized spacial score (nSPS) is 47.6. The van der Waals surface area contributed by atoms with Crippen LogP contribution in [-0.4, -0.2) is 0 Å². The molecule has 3 atom stereocenters. The van der Waals surface area contributed by atoms with Crippen LogP contribution in [0.1, 0.15) is 70.4 Å². The lowest BCUT2D eigenvalue weighted by Gasteiger charge is -2.66. The lowest BCUT2D eigenvalue weighted by atomic mass is 9.39. The monoisotopic (exact) mass is 273 g/mol. The number of hydrogen-bond donors (Lipinski definition) is 1. The van der Waals surface area contributed by atoms with Gasteiger partial charge in [0.1, 0.15) is 0 Å². The molecule has 4 aliphatic rings. The van der Waals surface area contributed by atoms with E-state index in [0.29, 0.717) is 16.2 Å². The van der Waals surface area contributed by atoms with Gasteiger partial charge in [0, 0.05) is 11.6 Å². The molecule has 4 bridgehead atoms. The summed E-state index contributed by atoms with van der Waals surface area (Å²) in [5.41, 5.74) is 9.34. The summed E-state index contributed by atoms with van der Waals surface area (Å²) < 4.78 is 5.22. The Bertz CT molecular complexity index is 487. The highest BCUT2D eigenvalue weighted by Crippen LogP contribution is 2.70. The molecule has 0 saturated heterocycles. The highest BCUT2D eigenvalue weighted by atomic mass is 16.3. The van der Waals surface area contributed by atoms with Crippen molar-refractivity contribution in [3.63, 3.8) is 0 Å². The van der Waals surface area contributed by atoms with E-state index in [1.165, 1.54) is 44.1 Å². The van der Waals surface area contributed by atoms with Crippen LogP contribution in [-0.2, 0) is 0 Å². The molecular weight excluding hydrogens is 246 g/mol. The van der Waals surface area contributed by atoms with Gasteiger partial charge in [-0.2, -0.15) is 0 Å². The number of hydrogen-bond acceptors (Lipinski definition) is 2. The van der Waals surface area contributed by atoms with Gasteiger partial charge < -0.3 is 10.2 Å². The molecule has 5 rings (SSSR count). The van der Waals surface area contributed by atoms with Crippen LogP contribution in [0.25, 0.3) is 0 Å². The maximum atomic E-state index is 6.49. The Labute approximate surface area is 122 Å². The zero-order chi connectivity index (χ0) is 14.0. The lowest BCUT2D eigenvalue weighted by Crippen LogP contribution is -2.55. The zero-order valence-corrected chi connectivity index (χ0v) is 12.8. The molecule has 0 spiro atoms. The highest BCUT2D eigenvalue weighted by molar-refractivity contribution is 5.15. The second kappa shape index (κ2) is 3.91. The Kier molecular flexibility index (Phi) is 2.53. The summed E-state index contributed by atoms with van der Waals surface area (Å²) in [4.78, 5) is 0. The van der Waals surface area contributed by atoms with E-state index in [2.05, 4.69) is 13.8 Å². The van der Waals surface area contributed by atoms with Crippen LogP contribution >= 0.6 is 0 Å². The Morgan fingerprint density at radius 1 is 1.20 bits per heavy atom. The predicted molar refractivity (Wildman–Crippen MR) is 80.1 cm³/mol. The van der Waals surface area contributed by atoms with Crippen LogP contribution in [0.5, 0.6) is 0 Å². The van der Waals surface area contributed by atoms with Crippen molar-refractivity contribution in [1.29, 1.82) is 0 Å². The molecule has 4 fully saturated rings. The fourth-order valence-electron chi connectivity index (χ4n) is 6.98. The van der Waals surface area contributed by atoms with Crippen molar-refractivity contribution in [2.45, 2.75) is 64.8 Å². The molecule has 20 heavy (non-hydrogen) atoms. The van der Waals surface area contributed by atoms with Crippen LogP contribution in [0, 0.1) is 22.2 Å². The topological polar surface area (TPSA) is 39.2 Å². The minimum absolute atomic E-state index is 0.150. The van der Waals surface area contributed by atoms with E-state index in [0.717, 1.165) is 12.3 Å². The molecule has 2 heteroatoms. The van der Waals surface area contributed by atoms with Gasteiger partial charge in [-0.25, -0.2) is 0 Å². The van der Waals surface area contributed by atoms with Crippen molar-refractivity contribution < 1.29 is 4.42 Å². The van der Waals surface area contributed by atoms with Crippen molar-refractivity contribution in [1.82, 2.24) is 0 Å². The fourth-order valence-corrected chi connectivity index (χ4v) is 6.98. The molecule has 2 nitrogen and oxygen atoms in total. The first-order chi connectivity index (χ1) is 9.40. The van der Waals surface area contributed by atoms with Gasteiger partial charge in [0.15, 0.2) is 0 Å². The molecule has 0 aromatic carbocycles. The van der Waals surface area contributed by atoms with Gasteiger partial charge in [-0.3, -0.25) is 0 Å². The molecule has 0 radical (unpaired) electrons. The van der Waals surface area contributed by atoms with Gasteiger partial charge in [0.05, 0.1) is 12.5 Å². The third-order valence-corrected chi connectivity index (χ3v) is 6.37. The van der Waals surface area contributed by atoms with Gasteiger partial charge in [0.2, 0.25) is 0 Å². The Balaban J connectivity index is 1.61. The Morgan fingerprint density at radius 3 is 2.45 bits per heavy atom. The van der Waals surface area contributed by atoms with Crippen molar-refractivity contribution >= 4 is 0 Å². The third-order valence-electron chi connectivity index (χ3n) is 6.37. The standard InChI is InChI=1S/C18H27NO/c1-16-5-13-6-17(2,10-16)12-18(7-13,11-16)8-15(19)14-3-4-20-9-14/h3-4,9,13,15H,5-8,10-12,19H2,1-2H3. The average molecular weight is 273 g/mol. The summed E-state index contributed by atoms with van der Waals surface area (Å²) in [6.45, 7) is 5.07. The Hall–Kier alpha value is -0.760. The third kappa shape index (κ3) is 1.95. The van der Waals surface area contributed by atoms with Crippen LogP contribution in [0.3, 0.4) is 0 Å². The molecule has 4 saturated carbocycles. The predicted octanol–water partition coefficient (Wildman–Crippen LogP) is 4.67. The quantitative estimate of drug-likeness (QED) is 0.869. The van der Waals surface area contributed by atoms with E-state index < -0.39 is 0 Å². The summed E-state index contributed by atoms with van der Waals surface area (Å²) in [7, 11) is 0. The van der Waals surface area contributed by atoms with E-state index in [1.807, 2.05) is 12.3 Å². The molecular formula is C18H27NO.